The number of hydrogen-bond acceptors (Lipinski definition) is 5. The number of carboxylic acid groups (broad SMARTS) is 1. The molecule has 0 aliphatic carbocycles. The zero-order chi connectivity index (χ0) is 14.9. The fourth-order valence-electron chi connectivity index (χ4n) is 2.02. The largest absolute Gasteiger partial charge is 0.477 e. The molecule has 0 spiro atoms. The van der Waals surface area contributed by atoms with Crippen LogP contribution in [0.3, 0.4) is 0 Å². The number of carbonyl (C=O) groups is 1. The molecule has 112 valence electrons. The van der Waals surface area contributed by atoms with Crippen LogP contribution in [-0.2, 0) is 14.8 Å². The van der Waals surface area contributed by atoms with Crippen LogP contribution in [0.5, 0.6) is 0 Å². The van der Waals surface area contributed by atoms with Crippen LogP contribution >= 0.6 is 0 Å². The second-order valence-corrected chi connectivity index (χ2v) is 6.51. The molecule has 2 unspecified atom stereocenters. The highest BCUT2D eigenvalue weighted by Gasteiger charge is 2.36. The van der Waals surface area contributed by atoms with Crippen molar-refractivity contribution in [2.24, 2.45) is 0 Å². The molecule has 0 bridgehead atoms. The number of aromatic nitrogens is 1. The Morgan fingerprint density at radius 3 is 2.85 bits per heavy atom. The van der Waals surface area contributed by atoms with Crippen LogP contribution in [0.1, 0.15) is 17.4 Å². The van der Waals surface area contributed by atoms with E-state index in [1.807, 2.05) is 0 Å². The van der Waals surface area contributed by atoms with Crippen LogP contribution in [-0.4, -0.2) is 65.8 Å². The van der Waals surface area contributed by atoms with Crippen molar-refractivity contribution in [2.75, 3.05) is 19.8 Å². The average Bonchev–Trinajstić information content (AvgIpc) is 2.89. The third kappa shape index (κ3) is 2.70. The monoisotopic (exact) mass is 304 g/mol. The average molecular weight is 304 g/mol. The van der Waals surface area contributed by atoms with Crippen LogP contribution in [0.4, 0.5) is 0 Å². The first kappa shape index (κ1) is 15.0. The van der Waals surface area contributed by atoms with Gasteiger partial charge in [0.1, 0.15) is 10.6 Å². The van der Waals surface area contributed by atoms with E-state index in [4.69, 9.17) is 14.9 Å². The SMILES string of the molecule is CC1COC(CO)CN1S(=O)(=O)c1c[nH]c(C(=O)O)c1. The number of hydrogen-bond donors (Lipinski definition) is 3. The summed E-state index contributed by atoms with van der Waals surface area (Å²) in [6, 6.07) is 0.694. The van der Waals surface area contributed by atoms with E-state index >= 15 is 0 Å². The van der Waals surface area contributed by atoms with Gasteiger partial charge in [0.05, 0.1) is 19.3 Å². The fraction of sp³-hybridized carbons (Fsp3) is 0.545. The Labute approximate surface area is 116 Å². The van der Waals surface area contributed by atoms with Crippen molar-refractivity contribution >= 4 is 16.0 Å². The molecule has 3 N–H and O–H groups in total. The lowest BCUT2D eigenvalue weighted by Gasteiger charge is -2.36. The standard InChI is InChI=1S/C11H16N2O6S/c1-7-6-19-8(5-14)4-13(7)20(17,18)9-2-10(11(15)16)12-3-9/h2-3,7-8,12,14H,4-6H2,1H3,(H,15,16). The van der Waals surface area contributed by atoms with E-state index in [9.17, 15) is 13.2 Å². The van der Waals surface area contributed by atoms with Crippen LogP contribution in [0.2, 0.25) is 0 Å². The number of rotatable bonds is 4. The Morgan fingerprint density at radius 2 is 2.30 bits per heavy atom. The summed E-state index contributed by atoms with van der Waals surface area (Å²) in [6.45, 7) is 1.64. The smallest absolute Gasteiger partial charge is 0.352 e. The first-order chi connectivity index (χ1) is 9.36. The lowest BCUT2D eigenvalue weighted by Crippen LogP contribution is -2.51. The number of H-pyrrole nitrogens is 1. The Bertz CT molecular complexity index is 596. The fourth-order valence-corrected chi connectivity index (χ4v) is 3.66. The van der Waals surface area contributed by atoms with Gasteiger partial charge < -0.3 is 19.9 Å². The molecule has 9 heteroatoms. The van der Waals surface area contributed by atoms with Crippen LogP contribution in [0, 0.1) is 0 Å². The molecule has 0 saturated carbocycles. The normalized spacial score (nSPS) is 24.7. The van der Waals surface area contributed by atoms with Crippen molar-refractivity contribution in [1.29, 1.82) is 0 Å². The Morgan fingerprint density at radius 1 is 1.60 bits per heavy atom. The number of aromatic amines is 1. The van der Waals surface area contributed by atoms with Crippen LogP contribution in [0.25, 0.3) is 0 Å². The van der Waals surface area contributed by atoms with Crippen molar-refractivity contribution in [2.45, 2.75) is 24.0 Å². The second-order valence-electron chi connectivity index (χ2n) is 4.62. The van der Waals surface area contributed by atoms with Gasteiger partial charge in [0, 0.05) is 18.8 Å². The van der Waals surface area contributed by atoms with Crippen molar-refractivity contribution in [1.82, 2.24) is 9.29 Å². The predicted octanol–water partition coefficient (Wildman–Crippen LogP) is -0.517. The highest BCUT2D eigenvalue weighted by molar-refractivity contribution is 7.89. The van der Waals surface area contributed by atoms with Gasteiger partial charge in [-0.25, -0.2) is 13.2 Å². The number of aromatic carboxylic acids is 1. The quantitative estimate of drug-likeness (QED) is 0.688. The van der Waals surface area contributed by atoms with E-state index in [0.717, 1.165) is 12.3 Å². The summed E-state index contributed by atoms with van der Waals surface area (Å²) in [6.07, 6.45) is 0.577. The number of carboxylic acids is 1. The molecule has 2 heterocycles. The van der Waals surface area contributed by atoms with Gasteiger partial charge in [-0.2, -0.15) is 4.31 Å². The number of nitrogens with zero attached hydrogens (tertiary/aromatic N) is 1. The van der Waals surface area contributed by atoms with Crippen molar-refractivity contribution in [3.8, 4) is 0 Å². The molecule has 8 nitrogen and oxygen atoms in total. The molecule has 1 aromatic heterocycles. The zero-order valence-corrected chi connectivity index (χ0v) is 11.6. The van der Waals surface area contributed by atoms with Gasteiger partial charge in [0.15, 0.2) is 0 Å². The van der Waals surface area contributed by atoms with Crippen molar-refractivity contribution < 1.29 is 28.2 Å². The van der Waals surface area contributed by atoms with E-state index < -0.39 is 22.1 Å². The molecule has 0 aromatic carbocycles. The number of ether oxygens (including phenoxy) is 1. The summed E-state index contributed by atoms with van der Waals surface area (Å²) < 4.78 is 31.4. The highest BCUT2D eigenvalue weighted by Crippen LogP contribution is 2.23. The molecule has 1 saturated heterocycles. The van der Waals surface area contributed by atoms with Gasteiger partial charge in [-0.05, 0) is 13.0 Å². The first-order valence-corrected chi connectivity index (χ1v) is 7.46. The topological polar surface area (TPSA) is 120 Å². The van der Waals surface area contributed by atoms with Gasteiger partial charge >= 0.3 is 5.97 Å². The van der Waals surface area contributed by atoms with Crippen molar-refractivity contribution in [3.63, 3.8) is 0 Å². The summed E-state index contributed by atoms with van der Waals surface area (Å²) in [7, 11) is -3.82. The Kier molecular flexibility index (Phi) is 4.14. The van der Waals surface area contributed by atoms with Gasteiger partial charge in [0.25, 0.3) is 0 Å². The first-order valence-electron chi connectivity index (χ1n) is 6.02. The van der Waals surface area contributed by atoms with E-state index in [2.05, 4.69) is 4.98 Å². The number of aliphatic hydroxyl groups excluding tert-OH is 1. The Hall–Kier alpha value is -1.42. The lowest BCUT2D eigenvalue weighted by molar-refractivity contribution is -0.0516. The van der Waals surface area contributed by atoms with E-state index in [1.54, 1.807) is 6.92 Å². The maximum absolute atomic E-state index is 12.5. The molecule has 0 amide bonds. The zero-order valence-electron chi connectivity index (χ0n) is 10.8. The molecule has 0 radical (unpaired) electrons. The Balaban J connectivity index is 2.30. The number of sulfonamides is 1. The summed E-state index contributed by atoms with van der Waals surface area (Å²) >= 11 is 0. The second kappa shape index (κ2) is 5.52. The number of morpholine rings is 1. The van der Waals surface area contributed by atoms with Gasteiger partial charge in [0.2, 0.25) is 10.0 Å². The molecule has 1 aliphatic rings. The van der Waals surface area contributed by atoms with E-state index in [1.165, 1.54) is 4.31 Å². The van der Waals surface area contributed by atoms with Gasteiger partial charge in [-0.15, -0.1) is 0 Å². The summed E-state index contributed by atoms with van der Waals surface area (Å²) in [4.78, 5) is 13.1. The summed E-state index contributed by atoms with van der Waals surface area (Å²) in [5.74, 6) is -1.23. The van der Waals surface area contributed by atoms with Crippen molar-refractivity contribution in [3.05, 3.63) is 18.0 Å². The minimum atomic E-state index is -3.82. The molecule has 1 fully saturated rings. The van der Waals surface area contributed by atoms with E-state index in [0.29, 0.717) is 0 Å². The third-order valence-electron chi connectivity index (χ3n) is 3.15. The van der Waals surface area contributed by atoms with Crippen LogP contribution < -0.4 is 0 Å². The number of aliphatic hydroxyl groups is 1. The molecule has 2 rings (SSSR count). The highest BCUT2D eigenvalue weighted by atomic mass is 32.2. The summed E-state index contributed by atoms with van der Waals surface area (Å²) in [5.41, 5.74) is -0.191. The maximum Gasteiger partial charge on any atom is 0.352 e. The third-order valence-corrected chi connectivity index (χ3v) is 5.10. The maximum atomic E-state index is 12.5. The molecule has 2 atom stereocenters. The minimum absolute atomic E-state index is 0.0353. The summed E-state index contributed by atoms with van der Waals surface area (Å²) in [5, 5.41) is 17.9. The molecular formula is C11H16N2O6S. The van der Waals surface area contributed by atoms with Gasteiger partial charge in [-0.1, -0.05) is 0 Å². The van der Waals surface area contributed by atoms with Crippen LogP contribution in [0.15, 0.2) is 17.2 Å². The van der Waals surface area contributed by atoms with E-state index in [-0.39, 0.29) is 36.4 Å². The molecule has 1 aliphatic heterocycles. The lowest BCUT2D eigenvalue weighted by atomic mass is 10.2. The van der Waals surface area contributed by atoms with Gasteiger partial charge in [-0.3, -0.25) is 0 Å². The molecule has 1 aromatic rings. The predicted molar refractivity (Wildman–Crippen MR) is 67.9 cm³/mol. The molecular weight excluding hydrogens is 288 g/mol. The number of nitrogens with one attached hydrogen (secondary N) is 1. The molecule has 20 heavy (non-hydrogen) atoms. The minimum Gasteiger partial charge on any atom is -0.477 e.